The SMILES string of the molecule is CO[C@H]1C[C@H]2OC[C@@]2(OC(C)=O)[C@H]2[C@H](OC(=O)c3ccccc3)[C@]3(O)C[C@H](OC(=O)C4OC(C)(C)N(C(=O)OC(C)(C)C)[C@H]4c4ccccc4)C(C)=C([C@@H](OC(C)=O)C(=O)[C@]12C)C3(C)C. The first-order valence-electron chi connectivity index (χ1n) is 22.0. The lowest BCUT2D eigenvalue weighted by Gasteiger charge is -2.67. The number of methoxy groups -OCH3 is 1. The number of benzene rings is 2. The Labute approximate surface area is 379 Å². The van der Waals surface area contributed by atoms with Gasteiger partial charge in [-0.25, -0.2) is 14.4 Å². The van der Waals surface area contributed by atoms with Crippen LogP contribution >= 0.6 is 0 Å². The van der Waals surface area contributed by atoms with Crippen molar-refractivity contribution in [3.05, 3.63) is 82.9 Å². The summed E-state index contributed by atoms with van der Waals surface area (Å²) in [6.45, 7) is 17.0. The van der Waals surface area contributed by atoms with Gasteiger partial charge in [-0.1, -0.05) is 62.4 Å². The van der Waals surface area contributed by atoms with Gasteiger partial charge in [-0.05, 0) is 77.3 Å². The molecule has 1 amide bonds. The number of rotatable bonds is 8. The lowest BCUT2D eigenvalue weighted by Crippen LogP contribution is -2.82. The topological polar surface area (TPSA) is 200 Å². The molecular formula is C49H61NO15. The average Bonchev–Trinajstić information content (AvgIpc) is 3.51. The molecule has 0 radical (unpaired) electrons. The van der Waals surface area contributed by atoms with E-state index in [1.807, 2.05) is 0 Å². The average molecular weight is 904 g/mol. The summed E-state index contributed by atoms with van der Waals surface area (Å²) in [5.74, 6) is -5.43. The molecule has 11 atom stereocenters. The summed E-state index contributed by atoms with van der Waals surface area (Å²) in [5, 5.41) is 13.9. The summed E-state index contributed by atoms with van der Waals surface area (Å²) < 4.78 is 49.6. The van der Waals surface area contributed by atoms with Crippen molar-refractivity contribution in [3.8, 4) is 0 Å². The Hall–Kier alpha value is -5.16. The van der Waals surface area contributed by atoms with E-state index in [9.17, 15) is 29.1 Å². The van der Waals surface area contributed by atoms with Gasteiger partial charge in [-0.2, -0.15) is 0 Å². The number of ether oxygens (including phenoxy) is 8. The number of fused-ring (bicyclic) bond motifs is 5. The first-order valence-corrected chi connectivity index (χ1v) is 22.0. The summed E-state index contributed by atoms with van der Waals surface area (Å²) >= 11 is 0. The summed E-state index contributed by atoms with van der Waals surface area (Å²) in [4.78, 5) is 86.9. The fourth-order valence-corrected chi connectivity index (χ4v) is 11.2. The van der Waals surface area contributed by atoms with Gasteiger partial charge in [-0.3, -0.25) is 19.3 Å². The van der Waals surface area contributed by atoms with Gasteiger partial charge < -0.3 is 43.0 Å². The van der Waals surface area contributed by atoms with E-state index in [0.717, 1.165) is 6.92 Å². The Balaban J connectivity index is 1.43. The second-order valence-corrected chi connectivity index (χ2v) is 20.1. The van der Waals surface area contributed by atoms with Crippen LogP contribution in [0.25, 0.3) is 0 Å². The van der Waals surface area contributed by atoms with Gasteiger partial charge in [0.05, 0.1) is 29.6 Å². The van der Waals surface area contributed by atoms with Gasteiger partial charge in [0.2, 0.25) is 0 Å². The number of aliphatic hydroxyl groups is 1. The fourth-order valence-electron chi connectivity index (χ4n) is 11.2. The molecule has 1 N–H and O–H groups in total. The van der Waals surface area contributed by atoms with Gasteiger partial charge in [0.1, 0.15) is 41.3 Å². The van der Waals surface area contributed by atoms with Crippen LogP contribution in [-0.4, -0.2) is 119 Å². The zero-order valence-electron chi connectivity index (χ0n) is 39.1. The molecule has 2 heterocycles. The Kier molecular flexibility index (Phi) is 12.2. The number of nitrogens with zero attached hydrogens (tertiary/aromatic N) is 1. The summed E-state index contributed by atoms with van der Waals surface area (Å²) in [6.07, 6.45) is -9.27. The van der Waals surface area contributed by atoms with Crippen molar-refractivity contribution in [2.24, 2.45) is 16.7 Å². The van der Waals surface area contributed by atoms with Crippen LogP contribution in [0.5, 0.6) is 0 Å². The predicted octanol–water partition coefficient (Wildman–Crippen LogP) is 5.97. The number of Topliss-reactive ketones (excluding diaryl/α,β-unsaturated/α-hetero) is 1. The number of carbonyl (C=O) groups is 6. The van der Waals surface area contributed by atoms with Crippen LogP contribution in [0.15, 0.2) is 71.8 Å². The zero-order valence-corrected chi connectivity index (χ0v) is 39.1. The molecule has 16 nitrogen and oxygen atoms in total. The van der Waals surface area contributed by atoms with Gasteiger partial charge >= 0.3 is 30.0 Å². The number of amides is 1. The largest absolute Gasteiger partial charge is 0.456 e. The van der Waals surface area contributed by atoms with Crippen LogP contribution < -0.4 is 0 Å². The zero-order chi connectivity index (χ0) is 47.8. The highest BCUT2D eigenvalue weighted by Gasteiger charge is 2.78. The molecule has 5 aliphatic rings. The molecule has 4 fully saturated rings. The Morgan fingerprint density at radius 3 is 2.02 bits per heavy atom. The highest BCUT2D eigenvalue weighted by molar-refractivity contribution is 5.95. The molecule has 7 rings (SSSR count). The van der Waals surface area contributed by atoms with Crippen LogP contribution in [0.1, 0.15) is 111 Å². The van der Waals surface area contributed by atoms with Crippen molar-refractivity contribution in [3.63, 3.8) is 0 Å². The summed E-state index contributed by atoms with van der Waals surface area (Å²) in [6, 6.07) is 15.8. The maximum absolute atomic E-state index is 15.8. The fraction of sp³-hybridized carbons (Fsp3) is 0.592. The molecule has 2 aromatic carbocycles. The van der Waals surface area contributed by atoms with Crippen molar-refractivity contribution < 1.29 is 71.8 Å². The minimum absolute atomic E-state index is 0.0510. The molecule has 2 saturated carbocycles. The monoisotopic (exact) mass is 903 g/mol. The molecular weight excluding hydrogens is 843 g/mol. The number of esters is 4. The first-order chi connectivity index (χ1) is 30.2. The van der Waals surface area contributed by atoms with Crippen molar-refractivity contribution in [2.75, 3.05) is 13.7 Å². The van der Waals surface area contributed by atoms with Crippen molar-refractivity contribution in [1.29, 1.82) is 0 Å². The van der Waals surface area contributed by atoms with Crippen LogP contribution in [0, 0.1) is 16.7 Å². The molecule has 2 aromatic rings. The van der Waals surface area contributed by atoms with E-state index < -0.39 is 124 Å². The van der Waals surface area contributed by atoms with Gasteiger partial charge in [0, 0.05) is 39.2 Å². The van der Waals surface area contributed by atoms with Crippen LogP contribution in [0.4, 0.5) is 4.79 Å². The molecule has 1 unspecified atom stereocenters. The minimum Gasteiger partial charge on any atom is -0.456 e. The summed E-state index contributed by atoms with van der Waals surface area (Å²) in [7, 11) is 1.40. The smallest absolute Gasteiger partial charge is 0.413 e. The normalized spacial score (nSPS) is 34.7. The maximum Gasteiger partial charge on any atom is 0.413 e. The quantitative estimate of drug-likeness (QED) is 0.184. The van der Waals surface area contributed by atoms with E-state index >= 15 is 4.79 Å². The van der Waals surface area contributed by atoms with E-state index in [1.165, 1.54) is 31.1 Å². The molecule has 65 heavy (non-hydrogen) atoms. The predicted molar refractivity (Wildman–Crippen MR) is 230 cm³/mol. The molecule has 0 aromatic heterocycles. The number of ketones is 1. The third-order valence-corrected chi connectivity index (χ3v) is 14.2. The Morgan fingerprint density at radius 2 is 1.48 bits per heavy atom. The second-order valence-electron chi connectivity index (χ2n) is 20.1. The maximum atomic E-state index is 15.8. The van der Waals surface area contributed by atoms with Crippen LogP contribution in [-0.2, 0) is 57.1 Å². The van der Waals surface area contributed by atoms with Gasteiger partial charge in [0.25, 0.3) is 0 Å². The van der Waals surface area contributed by atoms with Crippen molar-refractivity contribution in [2.45, 2.75) is 154 Å². The minimum atomic E-state index is -2.30. The summed E-state index contributed by atoms with van der Waals surface area (Å²) in [5.41, 5.74) is -8.64. The third kappa shape index (κ3) is 7.83. The van der Waals surface area contributed by atoms with E-state index in [-0.39, 0.29) is 29.7 Å². The standard InChI is InChI=1S/C49H61NO15/c1-26-31(61-42(55)37-35(29-19-15-13-16-20-29)50(46(9,10)64-37)43(56)65-44(4,5)6)24-49(57)40(62-41(54)30-21-17-14-18-22-30)38-47(11,39(53)36(60-27(2)51)34(26)45(49,7)8)32(58-12)23-33-48(38,25-59-33)63-28(3)52/h13-22,31-33,35-38,40,57H,23-25H2,1-12H3/t31-,32-,33+,35-,36+,37?,38-,40-,47+,48-,49+/m0/s1. The van der Waals surface area contributed by atoms with Crippen LogP contribution in [0.2, 0.25) is 0 Å². The molecule has 2 aliphatic heterocycles. The number of carbonyl (C=O) groups excluding carboxylic acids is 6. The molecule has 2 bridgehead atoms. The van der Waals surface area contributed by atoms with E-state index in [1.54, 1.807) is 111 Å². The van der Waals surface area contributed by atoms with Crippen molar-refractivity contribution in [1.82, 2.24) is 4.90 Å². The highest BCUT2D eigenvalue weighted by Crippen LogP contribution is 2.65. The lowest BCUT2D eigenvalue weighted by molar-refractivity contribution is -0.347. The second kappa shape index (κ2) is 16.6. The van der Waals surface area contributed by atoms with Crippen molar-refractivity contribution >= 4 is 35.8 Å². The van der Waals surface area contributed by atoms with E-state index in [2.05, 4.69) is 0 Å². The molecule has 0 spiro atoms. The first kappa shape index (κ1) is 47.8. The van der Waals surface area contributed by atoms with E-state index in [4.69, 9.17) is 37.9 Å². The molecule has 352 valence electrons. The highest BCUT2D eigenvalue weighted by atomic mass is 16.6. The van der Waals surface area contributed by atoms with E-state index in [0.29, 0.717) is 5.56 Å². The molecule has 3 aliphatic carbocycles. The van der Waals surface area contributed by atoms with Gasteiger partial charge in [0.15, 0.2) is 23.6 Å². The number of hydrogen-bond donors (Lipinski definition) is 1. The van der Waals surface area contributed by atoms with Gasteiger partial charge in [-0.15, -0.1) is 0 Å². The lowest BCUT2D eigenvalue weighted by atomic mass is 9.44. The Morgan fingerprint density at radius 1 is 0.862 bits per heavy atom. The number of hydrogen-bond acceptors (Lipinski definition) is 15. The molecule has 16 heteroatoms. The third-order valence-electron chi connectivity index (χ3n) is 14.2. The molecule has 2 saturated heterocycles. The van der Waals surface area contributed by atoms with Crippen LogP contribution in [0.3, 0.4) is 0 Å². The Bertz CT molecular complexity index is 2270.